The maximum atomic E-state index is 12.8. The van der Waals surface area contributed by atoms with Crippen molar-refractivity contribution in [3.05, 3.63) is 66.2 Å². The maximum Gasteiger partial charge on any atom is 0.243 e. The Morgan fingerprint density at radius 3 is 2.17 bits per heavy atom. The first kappa shape index (κ1) is 16.2. The molecule has 0 unspecified atom stereocenters. The van der Waals surface area contributed by atoms with E-state index >= 15 is 0 Å². The van der Waals surface area contributed by atoms with Gasteiger partial charge in [0.25, 0.3) is 0 Å². The van der Waals surface area contributed by atoms with Gasteiger partial charge in [-0.15, -0.1) is 0 Å². The molecule has 1 aliphatic rings. The molecule has 4 nitrogen and oxygen atoms in total. The predicted octanol–water partition coefficient (Wildman–Crippen LogP) is 2.58. The van der Waals surface area contributed by atoms with Crippen molar-refractivity contribution in [1.29, 1.82) is 0 Å². The van der Waals surface area contributed by atoms with Gasteiger partial charge < -0.3 is 0 Å². The first-order valence-electron chi connectivity index (χ1n) is 7.90. The van der Waals surface area contributed by atoms with Gasteiger partial charge in [-0.2, -0.15) is 4.31 Å². The first-order valence-corrected chi connectivity index (χ1v) is 9.34. The minimum Gasteiger partial charge on any atom is -0.296 e. The van der Waals surface area contributed by atoms with Crippen molar-refractivity contribution in [2.75, 3.05) is 19.6 Å². The van der Waals surface area contributed by atoms with Crippen LogP contribution in [0.3, 0.4) is 0 Å². The Kier molecular flexibility index (Phi) is 4.80. The number of piperazine rings is 1. The lowest BCUT2D eigenvalue weighted by Gasteiger charge is -2.39. The third kappa shape index (κ3) is 3.63. The second kappa shape index (κ2) is 6.83. The van der Waals surface area contributed by atoms with Crippen molar-refractivity contribution >= 4 is 10.0 Å². The average Bonchev–Trinajstić information content (AvgIpc) is 2.56. The summed E-state index contributed by atoms with van der Waals surface area (Å²) in [6.07, 6.45) is 0. The molecule has 0 bridgehead atoms. The topological polar surface area (TPSA) is 40.6 Å². The van der Waals surface area contributed by atoms with Crippen molar-refractivity contribution in [1.82, 2.24) is 9.21 Å². The van der Waals surface area contributed by atoms with Crippen molar-refractivity contribution < 1.29 is 8.42 Å². The zero-order chi connectivity index (χ0) is 16.3. The fourth-order valence-electron chi connectivity index (χ4n) is 3.09. The highest BCUT2D eigenvalue weighted by Crippen LogP contribution is 2.22. The minimum atomic E-state index is -3.40. The van der Waals surface area contributed by atoms with Crippen molar-refractivity contribution in [2.24, 2.45) is 0 Å². The number of rotatable bonds is 4. The number of hydrogen-bond donors (Lipinski definition) is 0. The highest BCUT2D eigenvalue weighted by molar-refractivity contribution is 7.89. The van der Waals surface area contributed by atoms with Crippen LogP contribution in [0.15, 0.2) is 65.6 Å². The van der Waals surface area contributed by atoms with Crippen LogP contribution in [0, 0.1) is 0 Å². The van der Waals surface area contributed by atoms with E-state index in [4.69, 9.17) is 0 Å². The first-order chi connectivity index (χ1) is 11.1. The summed E-state index contributed by atoms with van der Waals surface area (Å²) < 4.78 is 27.2. The predicted molar refractivity (Wildman–Crippen MR) is 91.5 cm³/mol. The largest absolute Gasteiger partial charge is 0.296 e. The van der Waals surface area contributed by atoms with Crippen LogP contribution in [-0.4, -0.2) is 43.3 Å². The van der Waals surface area contributed by atoms with E-state index in [0.717, 1.165) is 19.6 Å². The summed E-state index contributed by atoms with van der Waals surface area (Å²) in [6, 6.07) is 19.0. The molecule has 0 radical (unpaired) electrons. The van der Waals surface area contributed by atoms with Gasteiger partial charge in [-0.05, 0) is 24.6 Å². The molecule has 1 aliphatic heterocycles. The molecule has 1 fully saturated rings. The molecule has 3 rings (SSSR count). The normalized spacial score (nSPS) is 20.5. The van der Waals surface area contributed by atoms with Gasteiger partial charge in [0.1, 0.15) is 0 Å². The summed E-state index contributed by atoms with van der Waals surface area (Å²) in [5.74, 6) is 0. The fraction of sp³-hybridized carbons (Fsp3) is 0.333. The second-order valence-electron chi connectivity index (χ2n) is 6.00. The second-order valence-corrected chi connectivity index (χ2v) is 7.89. The molecule has 122 valence electrons. The van der Waals surface area contributed by atoms with Crippen LogP contribution >= 0.6 is 0 Å². The number of nitrogens with zero attached hydrogens (tertiary/aromatic N) is 2. The SMILES string of the molecule is C[C@@H]1CN(Cc2ccccc2)CCN1S(=O)(=O)c1ccccc1. The molecule has 23 heavy (non-hydrogen) atoms. The van der Waals surface area contributed by atoms with Gasteiger partial charge in [0.2, 0.25) is 10.0 Å². The lowest BCUT2D eigenvalue weighted by molar-refractivity contribution is 0.138. The summed E-state index contributed by atoms with van der Waals surface area (Å²) in [5.41, 5.74) is 1.26. The highest BCUT2D eigenvalue weighted by Gasteiger charge is 2.33. The van der Waals surface area contributed by atoms with Gasteiger partial charge >= 0.3 is 0 Å². The lowest BCUT2D eigenvalue weighted by Crippen LogP contribution is -2.53. The maximum absolute atomic E-state index is 12.8. The minimum absolute atomic E-state index is 0.0299. The molecular formula is C18H22N2O2S. The summed E-state index contributed by atoms with van der Waals surface area (Å²) in [5, 5.41) is 0. The van der Waals surface area contributed by atoms with Gasteiger partial charge in [-0.3, -0.25) is 4.90 Å². The molecule has 1 saturated heterocycles. The molecule has 1 atom stereocenters. The van der Waals surface area contributed by atoms with E-state index in [1.54, 1.807) is 28.6 Å². The van der Waals surface area contributed by atoms with E-state index in [0.29, 0.717) is 11.4 Å². The third-order valence-electron chi connectivity index (χ3n) is 4.25. The summed E-state index contributed by atoms with van der Waals surface area (Å²) in [4.78, 5) is 2.69. The molecule has 2 aromatic rings. The van der Waals surface area contributed by atoms with Crippen LogP contribution in [0.25, 0.3) is 0 Å². The van der Waals surface area contributed by atoms with Gasteiger partial charge in [-0.25, -0.2) is 8.42 Å². The number of hydrogen-bond acceptors (Lipinski definition) is 3. The van der Waals surface area contributed by atoms with Crippen LogP contribution in [0.2, 0.25) is 0 Å². The molecule has 0 saturated carbocycles. The Labute approximate surface area is 138 Å². The molecule has 1 heterocycles. The van der Waals surface area contributed by atoms with Gasteiger partial charge in [0, 0.05) is 32.2 Å². The average molecular weight is 330 g/mol. The molecule has 0 aromatic heterocycles. The van der Waals surface area contributed by atoms with Crippen LogP contribution in [-0.2, 0) is 16.6 Å². The third-order valence-corrected chi connectivity index (χ3v) is 6.28. The van der Waals surface area contributed by atoms with Gasteiger partial charge in [-0.1, -0.05) is 48.5 Å². The summed E-state index contributed by atoms with van der Waals surface area (Å²) >= 11 is 0. The van der Waals surface area contributed by atoms with E-state index in [2.05, 4.69) is 17.0 Å². The molecule has 0 spiro atoms. The smallest absolute Gasteiger partial charge is 0.243 e. The Morgan fingerprint density at radius 1 is 0.957 bits per heavy atom. The van der Waals surface area contributed by atoms with Crippen LogP contribution < -0.4 is 0 Å². The molecule has 0 amide bonds. The summed E-state index contributed by atoms with van der Waals surface area (Å²) in [6.45, 7) is 4.89. The standard InChI is InChI=1S/C18H22N2O2S/c1-16-14-19(15-17-8-4-2-5-9-17)12-13-20(16)23(21,22)18-10-6-3-7-11-18/h2-11,16H,12-15H2,1H3/t16-/m1/s1. The van der Waals surface area contributed by atoms with Crippen LogP contribution in [0.1, 0.15) is 12.5 Å². The molecule has 5 heteroatoms. The van der Waals surface area contributed by atoms with E-state index in [1.807, 2.05) is 31.2 Å². The van der Waals surface area contributed by atoms with E-state index in [-0.39, 0.29) is 6.04 Å². The van der Waals surface area contributed by atoms with Crippen molar-refractivity contribution in [3.8, 4) is 0 Å². The Hall–Kier alpha value is -1.69. The Morgan fingerprint density at radius 2 is 1.57 bits per heavy atom. The van der Waals surface area contributed by atoms with Crippen molar-refractivity contribution in [2.45, 2.75) is 24.4 Å². The molecule has 2 aromatic carbocycles. The summed E-state index contributed by atoms with van der Waals surface area (Å²) in [7, 11) is -3.40. The van der Waals surface area contributed by atoms with Crippen molar-refractivity contribution in [3.63, 3.8) is 0 Å². The Bertz CT molecular complexity index is 732. The fourth-order valence-corrected chi connectivity index (χ4v) is 4.72. The molecular weight excluding hydrogens is 308 g/mol. The zero-order valence-electron chi connectivity index (χ0n) is 13.3. The molecule has 0 aliphatic carbocycles. The van der Waals surface area contributed by atoms with Crippen LogP contribution in [0.4, 0.5) is 0 Å². The van der Waals surface area contributed by atoms with E-state index < -0.39 is 10.0 Å². The van der Waals surface area contributed by atoms with Gasteiger partial charge in [0.05, 0.1) is 4.90 Å². The zero-order valence-corrected chi connectivity index (χ0v) is 14.1. The molecule has 0 N–H and O–H groups in total. The lowest BCUT2D eigenvalue weighted by atomic mass is 10.1. The van der Waals surface area contributed by atoms with Gasteiger partial charge in [0.15, 0.2) is 0 Å². The van der Waals surface area contributed by atoms with E-state index in [1.165, 1.54) is 5.56 Å². The number of benzene rings is 2. The number of sulfonamides is 1. The highest BCUT2D eigenvalue weighted by atomic mass is 32.2. The monoisotopic (exact) mass is 330 g/mol. The Balaban J connectivity index is 1.69. The quantitative estimate of drug-likeness (QED) is 0.865. The van der Waals surface area contributed by atoms with Crippen LogP contribution in [0.5, 0.6) is 0 Å². The van der Waals surface area contributed by atoms with E-state index in [9.17, 15) is 8.42 Å².